The van der Waals surface area contributed by atoms with E-state index in [1.807, 2.05) is 60.7 Å². The fraction of sp³-hybridized carbons (Fsp3) is 0.222. The van der Waals surface area contributed by atoms with Crippen molar-refractivity contribution in [2.24, 2.45) is 5.92 Å². The lowest BCUT2D eigenvalue weighted by atomic mass is 9.79. The summed E-state index contributed by atoms with van der Waals surface area (Å²) in [6.45, 7) is 1.43. The Balaban J connectivity index is 2.55. The number of carbonyl (C=O) groups is 2. The van der Waals surface area contributed by atoms with Crippen LogP contribution in [0.5, 0.6) is 0 Å². The van der Waals surface area contributed by atoms with Crippen molar-refractivity contribution in [2.45, 2.75) is 12.8 Å². The third-order valence-electron chi connectivity index (χ3n) is 3.54. The van der Waals surface area contributed by atoms with Crippen molar-refractivity contribution in [1.82, 2.24) is 0 Å². The van der Waals surface area contributed by atoms with E-state index in [9.17, 15) is 9.59 Å². The molecule has 0 fully saturated rings. The molecule has 1 unspecified atom stereocenters. The zero-order chi connectivity index (χ0) is 15.2. The Morgan fingerprint density at radius 2 is 1.29 bits per heavy atom. The van der Waals surface area contributed by atoms with E-state index in [0.29, 0.717) is 0 Å². The van der Waals surface area contributed by atoms with Crippen LogP contribution in [0.2, 0.25) is 0 Å². The summed E-state index contributed by atoms with van der Waals surface area (Å²) >= 11 is 0. The van der Waals surface area contributed by atoms with Crippen LogP contribution in [0.4, 0.5) is 0 Å². The van der Waals surface area contributed by atoms with Gasteiger partial charge in [0.2, 0.25) is 0 Å². The minimum absolute atomic E-state index is 0.195. The minimum Gasteiger partial charge on any atom is -0.468 e. The Morgan fingerprint density at radius 1 is 0.857 bits per heavy atom. The summed E-state index contributed by atoms with van der Waals surface area (Å²) < 4.78 is 4.84. The van der Waals surface area contributed by atoms with E-state index >= 15 is 0 Å². The SMILES string of the molecule is COC(=O)C(C(C)=O)C(c1ccccc1)c1ccccc1. The Hall–Kier alpha value is -2.42. The quantitative estimate of drug-likeness (QED) is 0.625. The van der Waals surface area contributed by atoms with Gasteiger partial charge in [0.25, 0.3) is 0 Å². The monoisotopic (exact) mass is 282 g/mol. The normalized spacial score (nSPS) is 12.0. The molecule has 3 heteroatoms. The predicted octanol–water partition coefficient (Wildman–Crippen LogP) is 3.20. The topological polar surface area (TPSA) is 43.4 Å². The van der Waals surface area contributed by atoms with Crippen molar-refractivity contribution < 1.29 is 14.3 Å². The largest absolute Gasteiger partial charge is 0.468 e. The summed E-state index contributed by atoms with van der Waals surface area (Å²) in [5.41, 5.74) is 1.85. The Bertz CT molecular complexity index is 565. The first-order valence-electron chi connectivity index (χ1n) is 6.83. The van der Waals surface area contributed by atoms with Crippen molar-refractivity contribution in [3.63, 3.8) is 0 Å². The maximum atomic E-state index is 12.1. The molecule has 1 atom stereocenters. The van der Waals surface area contributed by atoms with Gasteiger partial charge in [0, 0.05) is 5.92 Å². The molecule has 0 radical (unpaired) electrons. The van der Waals surface area contributed by atoms with Gasteiger partial charge in [0.15, 0.2) is 0 Å². The number of hydrogen-bond donors (Lipinski definition) is 0. The van der Waals surface area contributed by atoms with E-state index in [1.54, 1.807) is 0 Å². The Labute approximate surface area is 124 Å². The van der Waals surface area contributed by atoms with Crippen molar-refractivity contribution in [3.05, 3.63) is 71.8 Å². The fourth-order valence-corrected chi connectivity index (χ4v) is 2.56. The van der Waals surface area contributed by atoms with Gasteiger partial charge in [-0.25, -0.2) is 0 Å². The van der Waals surface area contributed by atoms with Gasteiger partial charge in [-0.05, 0) is 18.1 Å². The molecule has 0 aromatic heterocycles. The van der Waals surface area contributed by atoms with E-state index in [1.165, 1.54) is 14.0 Å². The summed E-state index contributed by atoms with van der Waals surface area (Å²) in [5.74, 6) is -1.86. The van der Waals surface area contributed by atoms with Gasteiger partial charge in [0.1, 0.15) is 11.7 Å². The Kier molecular flexibility index (Phi) is 4.88. The second-order valence-corrected chi connectivity index (χ2v) is 4.91. The van der Waals surface area contributed by atoms with Crippen LogP contribution in [-0.2, 0) is 14.3 Å². The average Bonchev–Trinajstić information content (AvgIpc) is 2.53. The summed E-state index contributed by atoms with van der Waals surface area (Å²) in [7, 11) is 1.31. The molecule has 0 spiro atoms. The zero-order valence-electron chi connectivity index (χ0n) is 12.2. The van der Waals surface area contributed by atoms with E-state index in [2.05, 4.69) is 0 Å². The molecule has 3 nitrogen and oxygen atoms in total. The van der Waals surface area contributed by atoms with Crippen LogP contribution in [0.1, 0.15) is 24.0 Å². The van der Waals surface area contributed by atoms with Gasteiger partial charge in [-0.15, -0.1) is 0 Å². The molecule has 0 aliphatic heterocycles. The second kappa shape index (κ2) is 6.84. The number of hydrogen-bond acceptors (Lipinski definition) is 3. The molecule has 0 heterocycles. The number of Topliss-reactive ketones (excluding diaryl/α,β-unsaturated/α-hetero) is 1. The highest BCUT2D eigenvalue weighted by atomic mass is 16.5. The van der Waals surface area contributed by atoms with Crippen LogP contribution >= 0.6 is 0 Å². The molecular weight excluding hydrogens is 264 g/mol. The van der Waals surface area contributed by atoms with Crippen LogP contribution in [-0.4, -0.2) is 18.9 Å². The van der Waals surface area contributed by atoms with E-state index < -0.39 is 11.9 Å². The first-order valence-corrected chi connectivity index (χ1v) is 6.83. The van der Waals surface area contributed by atoms with Crippen molar-refractivity contribution in [3.8, 4) is 0 Å². The fourth-order valence-electron chi connectivity index (χ4n) is 2.56. The molecule has 0 N–H and O–H groups in total. The van der Waals surface area contributed by atoms with Gasteiger partial charge >= 0.3 is 5.97 Å². The number of rotatable bonds is 5. The van der Waals surface area contributed by atoms with Crippen LogP contribution < -0.4 is 0 Å². The molecule has 0 aliphatic rings. The standard InChI is InChI=1S/C18H18O3/c1-13(19)16(18(20)21-2)17(14-9-5-3-6-10-14)15-11-7-4-8-12-15/h3-12,16-17H,1-2H3. The number of carbonyl (C=O) groups excluding carboxylic acids is 2. The number of methoxy groups -OCH3 is 1. The molecule has 0 aliphatic carbocycles. The van der Waals surface area contributed by atoms with Crippen LogP contribution in [0.25, 0.3) is 0 Å². The van der Waals surface area contributed by atoms with Crippen LogP contribution in [0.15, 0.2) is 60.7 Å². The lowest BCUT2D eigenvalue weighted by Gasteiger charge is -2.24. The van der Waals surface area contributed by atoms with Gasteiger partial charge in [-0.1, -0.05) is 60.7 Å². The van der Waals surface area contributed by atoms with E-state index in [0.717, 1.165) is 11.1 Å². The van der Waals surface area contributed by atoms with Crippen molar-refractivity contribution >= 4 is 11.8 Å². The molecular formula is C18H18O3. The third kappa shape index (κ3) is 3.37. The number of benzene rings is 2. The van der Waals surface area contributed by atoms with Crippen LogP contribution in [0, 0.1) is 5.92 Å². The van der Waals surface area contributed by atoms with E-state index in [4.69, 9.17) is 4.74 Å². The molecule has 2 aromatic carbocycles. The average molecular weight is 282 g/mol. The second-order valence-electron chi connectivity index (χ2n) is 4.91. The highest BCUT2D eigenvalue weighted by Gasteiger charge is 2.35. The first-order chi connectivity index (χ1) is 10.1. The smallest absolute Gasteiger partial charge is 0.317 e. The lowest BCUT2D eigenvalue weighted by molar-refractivity contribution is -0.149. The number of esters is 1. The van der Waals surface area contributed by atoms with Gasteiger partial charge < -0.3 is 4.74 Å². The maximum absolute atomic E-state index is 12.1. The zero-order valence-corrected chi connectivity index (χ0v) is 12.2. The minimum atomic E-state index is -0.834. The summed E-state index contributed by atoms with van der Waals surface area (Å²) in [4.78, 5) is 24.1. The molecule has 21 heavy (non-hydrogen) atoms. The summed E-state index contributed by atoms with van der Waals surface area (Å²) in [5, 5.41) is 0. The molecule has 0 saturated carbocycles. The van der Waals surface area contributed by atoms with Crippen molar-refractivity contribution in [1.29, 1.82) is 0 Å². The maximum Gasteiger partial charge on any atom is 0.317 e. The third-order valence-corrected chi connectivity index (χ3v) is 3.54. The first kappa shape index (κ1) is 15.0. The molecule has 0 amide bonds. The number of ether oxygens (including phenoxy) is 1. The predicted molar refractivity (Wildman–Crippen MR) is 80.9 cm³/mol. The molecule has 0 saturated heterocycles. The van der Waals surface area contributed by atoms with Crippen molar-refractivity contribution in [2.75, 3.05) is 7.11 Å². The summed E-state index contributed by atoms with van der Waals surface area (Å²) in [6.07, 6.45) is 0. The van der Waals surface area contributed by atoms with Gasteiger partial charge in [0.05, 0.1) is 7.11 Å². The highest BCUT2D eigenvalue weighted by molar-refractivity contribution is 5.99. The number of ketones is 1. The van der Waals surface area contributed by atoms with Crippen LogP contribution in [0.3, 0.4) is 0 Å². The Morgan fingerprint density at radius 3 is 1.62 bits per heavy atom. The molecule has 2 aromatic rings. The lowest BCUT2D eigenvalue weighted by Crippen LogP contribution is -2.30. The van der Waals surface area contributed by atoms with Gasteiger partial charge in [-0.2, -0.15) is 0 Å². The molecule has 0 bridgehead atoms. The molecule has 108 valence electrons. The molecule has 2 rings (SSSR count). The summed E-state index contributed by atoms with van der Waals surface area (Å²) in [6, 6.07) is 19.1. The van der Waals surface area contributed by atoms with Gasteiger partial charge in [-0.3, -0.25) is 9.59 Å². The highest BCUT2D eigenvalue weighted by Crippen LogP contribution is 2.33. The van der Waals surface area contributed by atoms with E-state index in [-0.39, 0.29) is 11.7 Å².